The zero-order chi connectivity index (χ0) is 16.3. The summed E-state index contributed by atoms with van der Waals surface area (Å²) in [5.41, 5.74) is 5.22. The Morgan fingerprint density at radius 1 is 1.00 bits per heavy atom. The van der Waals surface area contributed by atoms with Crippen LogP contribution in [0.15, 0.2) is 30.3 Å². The van der Waals surface area contributed by atoms with Gasteiger partial charge in [0, 0.05) is 0 Å². The van der Waals surface area contributed by atoms with E-state index in [-0.39, 0.29) is 0 Å². The molecule has 2 heteroatoms. The van der Waals surface area contributed by atoms with Gasteiger partial charge in [-0.15, -0.1) is 11.5 Å². The average molecular weight is 322 g/mol. The van der Waals surface area contributed by atoms with Gasteiger partial charge in [-0.2, -0.15) is 0 Å². The van der Waals surface area contributed by atoms with Gasteiger partial charge in [0.25, 0.3) is 0 Å². The zero-order valence-electron chi connectivity index (χ0n) is 15.1. The fourth-order valence-corrected chi connectivity index (χ4v) is 5.56. The maximum Gasteiger partial charge on any atom is 0.165 e. The van der Waals surface area contributed by atoms with Crippen molar-refractivity contribution in [3.63, 3.8) is 0 Å². The van der Waals surface area contributed by atoms with Crippen LogP contribution in [-0.2, 0) is 0 Å². The van der Waals surface area contributed by atoms with Crippen molar-refractivity contribution in [2.24, 2.45) is 5.92 Å². The molecule has 2 aliphatic rings. The van der Waals surface area contributed by atoms with Gasteiger partial charge >= 0.3 is 0 Å². The highest BCUT2D eigenvalue weighted by Gasteiger charge is 2.41. The maximum atomic E-state index is 3.65. The molecule has 2 fully saturated rings. The number of hydrogen-bond donors (Lipinski definition) is 0. The first-order chi connectivity index (χ1) is 11.0. The lowest BCUT2D eigenvalue weighted by Crippen LogP contribution is -2.30. The van der Waals surface area contributed by atoms with Crippen LogP contribution in [0.1, 0.15) is 49.9 Å². The molecule has 0 spiro atoms. The van der Waals surface area contributed by atoms with Crippen LogP contribution in [0.3, 0.4) is 0 Å². The van der Waals surface area contributed by atoms with Crippen LogP contribution in [0.25, 0.3) is 0 Å². The van der Waals surface area contributed by atoms with E-state index in [1.54, 1.807) is 5.56 Å². The van der Waals surface area contributed by atoms with Crippen LogP contribution < -0.4 is 0 Å². The molecule has 2 aliphatic heterocycles. The van der Waals surface area contributed by atoms with E-state index in [0.29, 0.717) is 0 Å². The zero-order valence-corrected chi connectivity index (χ0v) is 16.1. The maximum absolute atomic E-state index is 3.65. The minimum absolute atomic E-state index is 0.752. The highest BCUT2D eigenvalue weighted by atomic mass is 28.3. The predicted octanol–water partition coefficient (Wildman–Crippen LogP) is 6.04. The summed E-state index contributed by atoms with van der Waals surface area (Å²) in [7, 11) is -1.25. The molecule has 0 radical (unpaired) electrons. The van der Waals surface area contributed by atoms with Gasteiger partial charge in [0.15, 0.2) is 6.71 Å². The van der Waals surface area contributed by atoms with Crippen molar-refractivity contribution in [1.82, 2.24) is 0 Å². The van der Waals surface area contributed by atoms with E-state index in [4.69, 9.17) is 0 Å². The molecule has 3 rings (SSSR count). The molecule has 122 valence electrons. The van der Waals surface area contributed by atoms with Gasteiger partial charge in [0.1, 0.15) is 8.07 Å². The Labute approximate surface area is 144 Å². The number of benzene rings is 1. The van der Waals surface area contributed by atoms with Crippen molar-refractivity contribution in [2.75, 3.05) is 0 Å². The van der Waals surface area contributed by atoms with Crippen LogP contribution in [0, 0.1) is 17.4 Å². The van der Waals surface area contributed by atoms with Crippen molar-refractivity contribution in [2.45, 2.75) is 76.1 Å². The smallest absolute Gasteiger partial charge is 0.133 e. The van der Waals surface area contributed by atoms with Crippen molar-refractivity contribution in [1.29, 1.82) is 0 Å². The molecule has 0 aliphatic carbocycles. The summed E-state index contributed by atoms with van der Waals surface area (Å²) in [5, 5.41) is 0. The lowest BCUT2D eigenvalue weighted by atomic mass is 9.30. The fraction of sp³-hybridized carbons (Fsp3) is 0.619. The topological polar surface area (TPSA) is 0 Å². The highest BCUT2D eigenvalue weighted by molar-refractivity contribution is 6.84. The molecule has 0 saturated carbocycles. The second kappa shape index (κ2) is 7.31. The SMILES string of the molecule is C[Si](C)(C)C#CCB1C2CCCC(CCC2)C1c1ccccc1. The number of hydrogen-bond acceptors (Lipinski definition) is 0. The van der Waals surface area contributed by atoms with Gasteiger partial charge in [0.2, 0.25) is 0 Å². The Kier molecular flexibility index (Phi) is 5.37. The van der Waals surface area contributed by atoms with Crippen molar-refractivity contribution in [3.8, 4) is 11.5 Å². The first-order valence-corrected chi connectivity index (χ1v) is 13.1. The molecule has 1 atom stereocenters. The van der Waals surface area contributed by atoms with Gasteiger partial charge in [0.05, 0.1) is 0 Å². The summed E-state index contributed by atoms with van der Waals surface area (Å²) in [5.74, 6) is 6.20. The average Bonchev–Trinajstić information content (AvgIpc) is 2.75. The Bertz CT molecular complexity index is 553. The largest absolute Gasteiger partial charge is 0.165 e. The van der Waals surface area contributed by atoms with E-state index in [2.05, 4.69) is 61.4 Å². The van der Waals surface area contributed by atoms with Crippen LogP contribution >= 0.6 is 0 Å². The third-order valence-electron chi connectivity index (χ3n) is 5.86. The second-order valence-corrected chi connectivity index (χ2v) is 13.5. The Morgan fingerprint density at radius 3 is 2.26 bits per heavy atom. The van der Waals surface area contributed by atoms with E-state index in [1.165, 1.54) is 38.5 Å². The van der Waals surface area contributed by atoms with Crippen LogP contribution in [-0.4, -0.2) is 14.8 Å². The summed E-state index contributed by atoms with van der Waals surface area (Å²) in [6.07, 6.45) is 9.78. The molecular formula is C21H31BSi. The van der Waals surface area contributed by atoms with Crippen molar-refractivity contribution >= 4 is 14.8 Å². The lowest BCUT2D eigenvalue weighted by molar-refractivity contribution is 0.391. The molecule has 1 aromatic rings. The molecule has 2 saturated heterocycles. The Balaban J connectivity index is 1.91. The van der Waals surface area contributed by atoms with Gasteiger partial charge in [-0.25, -0.2) is 0 Å². The molecule has 0 amide bonds. The quantitative estimate of drug-likeness (QED) is 0.460. The Hall–Kier alpha value is -0.938. The summed E-state index contributed by atoms with van der Waals surface area (Å²) < 4.78 is 0. The van der Waals surface area contributed by atoms with Crippen molar-refractivity contribution in [3.05, 3.63) is 35.9 Å². The van der Waals surface area contributed by atoms with Crippen LogP contribution in [0.4, 0.5) is 0 Å². The third kappa shape index (κ3) is 4.33. The van der Waals surface area contributed by atoms with Gasteiger partial charge in [-0.05, 0) is 18.1 Å². The summed E-state index contributed by atoms with van der Waals surface area (Å²) in [4.78, 5) is 0. The van der Waals surface area contributed by atoms with E-state index < -0.39 is 8.07 Å². The molecule has 0 aromatic heterocycles. The first-order valence-electron chi connectivity index (χ1n) is 9.59. The first kappa shape index (κ1) is 16.9. The van der Waals surface area contributed by atoms with Gasteiger partial charge in [-0.1, -0.05) is 99.9 Å². The Morgan fingerprint density at radius 2 is 1.65 bits per heavy atom. The minimum atomic E-state index is -1.25. The van der Waals surface area contributed by atoms with Crippen molar-refractivity contribution < 1.29 is 0 Å². The van der Waals surface area contributed by atoms with E-state index in [0.717, 1.165) is 30.6 Å². The molecule has 1 aromatic carbocycles. The minimum Gasteiger partial charge on any atom is -0.133 e. The monoisotopic (exact) mass is 322 g/mol. The molecule has 2 heterocycles. The highest BCUT2D eigenvalue weighted by Crippen LogP contribution is 2.48. The summed E-state index contributed by atoms with van der Waals surface area (Å²) in [6, 6.07) is 11.4. The molecular weight excluding hydrogens is 291 g/mol. The summed E-state index contributed by atoms with van der Waals surface area (Å²) in [6.45, 7) is 7.87. The molecule has 2 bridgehead atoms. The van der Waals surface area contributed by atoms with Crippen LogP contribution in [0.2, 0.25) is 31.8 Å². The van der Waals surface area contributed by atoms with Crippen LogP contribution in [0.5, 0.6) is 0 Å². The van der Waals surface area contributed by atoms with Gasteiger partial charge < -0.3 is 0 Å². The standard InChI is InChI=1S/C21H31BSi/c1-23(2,3)17-9-16-22-20-14-7-12-19(13-8-15-20)21(22)18-10-5-4-6-11-18/h4-6,10-11,19-21H,7-8,12-16H2,1-3H3. The van der Waals surface area contributed by atoms with E-state index in [9.17, 15) is 0 Å². The number of rotatable bonds is 2. The predicted molar refractivity (Wildman–Crippen MR) is 106 cm³/mol. The third-order valence-corrected chi connectivity index (χ3v) is 6.79. The number of fused-ring (bicyclic) bond motifs is 3. The molecule has 0 N–H and O–H groups in total. The fourth-order valence-electron chi connectivity index (χ4n) is 4.93. The molecule has 23 heavy (non-hydrogen) atoms. The lowest BCUT2D eigenvalue weighted by Gasteiger charge is -2.30. The second-order valence-electron chi connectivity index (χ2n) is 8.74. The normalized spacial score (nSPS) is 27.8. The van der Waals surface area contributed by atoms with E-state index >= 15 is 0 Å². The molecule has 1 unspecified atom stereocenters. The van der Waals surface area contributed by atoms with Gasteiger partial charge in [-0.3, -0.25) is 0 Å². The summed E-state index contributed by atoms with van der Waals surface area (Å²) >= 11 is 0. The molecule has 0 nitrogen and oxygen atoms in total. The van der Waals surface area contributed by atoms with E-state index in [1.807, 2.05) is 0 Å².